The molecule has 1 aliphatic carbocycles. The fourth-order valence-corrected chi connectivity index (χ4v) is 3.81. The van der Waals surface area contributed by atoms with Crippen molar-refractivity contribution in [3.05, 3.63) is 59.2 Å². The standard InChI is InChI=1S/C19H21N3O/c23-19(16-7-6-14-3-1-4-15(14)11-16)22-10-2-5-17(13-22)18-12-20-8-9-21-18/h6-9,11-12,17H,1-5,10,13H2/t17-/m1/s1. The Morgan fingerprint density at radius 1 is 1.13 bits per heavy atom. The average molecular weight is 307 g/mol. The van der Waals surface area contributed by atoms with Gasteiger partial charge in [0.1, 0.15) is 0 Å². The second kappa shape index (κ2) is 6.11. The molecule has 1 amide bonds. The third-order valence-electron chi connectivity index (χ3n) is 5.06. The molecule has 1 fully saturated rings. The molecule has 4 nitrogen and oxygen atoms in total. The maximum Gasteiger partial charge on any atom is 0.253 e. The number of piperidine rings is 1. The van der Waals surface area contributed by atoms with Crippen molar-refractivity contribution in [2.24, 2.45) is 0 Å². The van der Waals surface area contributed by atoms with E-state index < -0.39 is 0 Å². The monoisotopic (exact) mass is 307 g/mol. The molecule has 23 heavy (non-hydrogen) atoms. The fourth-order valence-electron chi connectivity index (χ4n) is 3.81. The topological polar surface area (TPSA) is 46.1 Å². The summed E-state index contributed by atoms with van der Waals surface area (Å²) in [5.74, 6) is 0.462. The molecule has 4 heteroatoms. The van der Waals surface area contributed by atoms with Crippen LogP contribution in [0.3, 0.4) is 0 Å². The zero-order valence-corrected chi connectivity index (χ0v) is 13.2. The van der Waals surface area contributed by atoms with Gasteiger partial charge in [-0.2, -0.15) is 0 Å². The van der Waals surface area contributed by atoms with Gasteiger partial charge >= 0.3 is 0 Å². The van der Waals surface area contributed by atoms with Gasteiger partial charge in [-0.25, -0.2) is 0 Å². The minimum Gasteiger partial charge on any atom is -0.338 e. The fraction of sp³-hybridized carbons (Fsp3) is 0.421. The van der Waals surface area contributed by atoms with E-state index in [0.717, 1.165) is 50.0 Å². The van der Waals surface area contributed by atoms with Crippen molar-refractivity contribution in [2.75, 3.05) is 13.1 Å². The van der Waals surface area contributed by atoms with E-state index in [1.807, 2.05) is 17.2 Å². The lowest BCUT2D eigenvalue weighted by Crippen LogP contribution is -2.39. The molecule has 0 saturated carbocycles. The molecule has 0 unspecified atom stereocenters. The van der Waals surface area contributed by atoms with Crippen LogP contribution in [0.15, 0.2) is 36.8 Å². The van der Waals surface area contributed by atoms with Crippen molar-refractivity contribution in [3.8, 4) is 0 Å². The van der Waals surface area contributed by atoms with Crippen molar-refractivity contribution in [1.82, 2.24) is 14.9 Å². The van der Waals surface area contributed by atoms with E-state index in [-0.39, 0.29) is 5.91 Å². The molecule has 2 aliphatic rings. The lowest BCUT2D eigenvalue weighted by atomic mass is 9.94. The highest BCUT2D eigenvalue weighted by Gasteiger charge is 2.27. The van der Waals surface area contributed by atoms with Gasteiger partial charge in [-0.15, -0.1) is 0 Å². The molecule has 1 atom stereocenters. The molecule has 1 aliphatic heterocycles. The Balaban J connectivity index is 1.52. The molecular formula is C19H21N3O. The van der Waals surface area contributed by atoms with Crippen LogP contribution < -0.4 is 0 Å². The molecule has 0 bridgehead atoms. The van der Waals surface area contributed by atoms with Gasteiger partial charge in [0.25, 0.3) is 5.91 Å². The third-order valence-corrected chi connectivity index (χ3v) is 5.06. The number of amides is 1. The van der Waals surface area contributed by atoms with E-state index in [1.165, 1.54) is 17.5 Å². The number of rotatable bonds is 2. The van der Waals surface area contributed by atoms with Gasteiger partial charge < -0.3 is 4.90 Å². The maximum absolute atomic E-state index is 12.9. The molecule has 0 radical (unpaired) electrons. The molecule has 0 N–H and O–H groups in total. The number of benzene rings is 1. The summed E-state index contributed by atoms with van der Waals surface area (Å²) in [6.07, 6.45) is 10.8. The van der Waals surface area contributed by atoms with Gasteiger partial charge in [-0.05, 0) is 55.4 Å². The number of nitrogens with zero attached hydrogens (tertiary/aromatic N) is 3. The number of likely N-dealkylation sites (tertiary alicyclic amines) is 1. The van der Waals surface area contributed by atoms with Crippen molar-refractivity contribution in [1.29, 1.82) is 0 Å². The molecule has 2 aromatic rings. The largest absolute Gasteiger partial charge is 0.338 e. The minimum atomic E-state index is 0.160. The Kier molecular flexibility index (Phi) is 3.82. The van der Waals surface area contributed by atoms with Crippen molar-refractivity contribution in [3.63, 3.8) is 0 Å². The molecule has 1 aromatic heterocycles. The molecule has 4 rings (SSSR count). The Hall–Kier alpha value is -2.23. The van der Waals surface area contributed by atoms with Crippen LogP contribution >= 0.6 is 0 Å². The van der Waals surface area contributed by atoms with Gasteiger partial charge in [0.2, 0.25) is 0 Å². The van der Waals surface area contributed by atoms with Gasteiger partial charge in [0.05, 0.1) is 5.69 Å². The van der Waals surface area contributed by atoms with E-state index in [0.29, 0.717) is 5.92 Å². The number of carbonyl (C=O) groups is 1. The highest BCUT2D eigenvalue weighted by molar-refractivity contribution is 5.94. The summed E-state index contributed by atoms with van der Waals surface area (Å²) in [6, 6.07) is 6.24. The first kappa shape index (κ1) is 14.4. The molecule has 0 spiro atoms. The second-order valence-corrected chi connectivity index (χ2v) is 6.56. The number of hydrogen-bond acceptors (Lipinski definition) is 3. The summed E-state index contributed by atoms with van der Waals surface area (Å²) >= 11 is 0. The number of aryl methyl sites for hydroxylation is 2. The van der Waals surface area contributed by atoms with Crippen LogP contribution in [0.5, 0.6) is 0 Å². The molecule has 1 aromatic carbocycles. The van der Waals surface area contributed by atoms with Crippen molar-refractivity contribution in [2.45, 2.75) is 38.0 Å². The third kappa shape index (κ3) is 2.85. The van der Waals surface area contributed by atoms with Gasteiger partial charge in [0.15, 0.2) is 0 Å². The summed E-state index contributed by atoms with van der Waals surface area (Å²) in [5, 5.41) is 0. The van der Waals surface area contributed by atoms with Gasteiger partial charge in [0, 0.05) is 43.2 Å². The zero-order valence-electron chi connectivity index (χ0n) is 13.2. The van der Waals surface area contributed by atoms with E-state index in [1.54, 1.807) is 12.4 Å². The van der Waals surface area contributed by atoms with Crippen molar-refractivity contribution >= 4 is 5.91 Å². The smallest absolute Gasteiger partial charge is 0.253 e. The highest BCUT2D eigenvalue weighted by Crippen LogP contribution is 2.27. The van der Waals surface area contributed by atoms with Crippen LogP contribution in [0, 0.1) is 0 Å². The number of hydrogen-bond donors (Lipinski definition) is 0. The van der Waals surface area contributed by atoms with E-state index >= 15 is 0 Å². The van der Waals surface area contributed by atoms with E-state index in [9.17, 15) is 4.79 Å². The Labute approximate surface area is 136 Å². The minimum absolute atomic E-state index is 0.160. The predicted octanol–water partition coefficient (Wildman–Crippen LogP) is 2.99. The zero-order chi connectivity index (χ0) is 15.6. The Morgan fingerprint density at radius 2 is 2.04 bits per heavy atom. The van der Waals surface area contributed by atoms with Crippen LogP contribution in [0.1, 0.15) is 52.4 Å². The van der Waals surface area contributed by atoms with Crippen LogP contribution in [0.4, 0.5) is 0 Å². The number of fused-ring (bicyclic) bond motifs is 1. The molecule has 2 heterocycles. The van der Waals surface area contributed by atoms with Crippen molar-refractivity contribution < 1.29 is 4.79 Å². The summed E-state index contributed by atoms with van der Waals surface area (Å²) in [6.45, 7) is 1.58. The number of carbonyl (C=O) groups excluding carboxylic acids is 1. The summed E-state index contributed by atoms with van der Waals surface area (Å²) < 4.78 is 0. The first-order chi connectivity index (χ1) is 11.3. The molecular weight excluding hydrogens is 286 g/mol. The van der Waals surface area contributed by atoms with Crippen LogP contribution in [0.25, 0.3) is 0 Å². The van der Waals surface area contributed by atoms with Crippen LogP contribution in [-0.4, -0.2) is 33.9 Å². The van der Waals surface area contributed by atoms with E-state index in [2.05, 4.69) is 22.1 Å². The molecule has 118 valence electrons. The Morgan fingerprint density at radius 3 is 2.91 bits per heavy atom. The lowest BCUT2D eigenvalue weighted by Gasteiger charge is -2.32. The van der Waals surface area contributed by atoms with Gasteiger partial charge in [-0.3, -0.25) is 14.8 Å². The average Bonchev–Trinajstić information content (AvgIpc) is 3.09. The summed E-state index contributed by atoms with van der Waals surface area (Å²) in [7, 11) is 0. The first-order valence-electron chi connectivity index (χ1n) is 8.48. The highest BCUT2D eigenvalue weighted by atomic mass is 16.2. The number of aromatic nitrogens is 2. The SMILES string of the molecule is O=C(c1ccc2c(c1)CCC2)N1CCC[C@@H](c2cnccn2)C1. The lowest BCUT2D eigenvalue weighted by molar-refractivity contribution is 0.0705. The first-order valence-corrected chi connectivity index (χ1v) is 8.48. The predicted molar refractivity (Wildman–Crippen MR) is 88.4 cm³/mol. The second-order valence-electron chi connectivity index (χ2n) is 6.56. The summed E-state index contributed by atoms with van der Waals surface area (Å²) in [4.78, 5) is 23.4. The Bertz CT molecular complexity index is 714. The normalized spacial score (nSPS) is 20.3. The quantitative estimate of drug-likeness (QED) is 0.857. The van der Waals surface area contributed by atoms with Gasteiger partial charge in [-0.1, -0.05) is 6.07 Å². The van der Waals surface area contributed by atoms with Crippen LogP contribution in [0.2, 0.25) is 0 Å². The summed E-state index contributed by atoms with van der Waals surface area (Å²) in [5.41, 5.74) is 4.61. The van der Waals surface area contributed by atoms with Crippen LogP contribution in [-0.2, 0) is 12.8 Å². The molecule has 1 saturated heterocycles. The maximum atomic E-state index is 12.9. The van der Waals surface area contributed by atoms with E-state index in [4.69, 9.17) is 0 Å².